The Kier molecular flexibility index (Phi) is 2.94. The molecule has 0 aromatic carbocycles. The number of hydrogen-bond donors (Lipinski definition) is 0. The molecule has 0 radical (unpaired) electrons. The number of hydrogen-bond acceptors (Lipinski definition) is 1. The van der Waals surface area contributed by atoms with Gasteiger partial charge in [0, 0.05) is 12.1 Å². The molecule has 0 aromatic rings. The van der Waals surface area contributed by atoms with Gasteiger partial charge in [-0.05, 0) is 39.2 Å². The van der Waals surface area contributed by atoms with E-state index >= 15 is 0 Å². The summed E-state index contributed by atoms with van der Waals surface area (Å²) in [5.74, 6) is 0.936. The normalized spacial score (nSPS) is 40.9. The van der Waals surface area contributed by atoms with Crippen LogP contribution in [0.3, 0.4) is 0 Å². The molecule has 3 unspecified atom stereocenters. The molecule has 1 heteroatoms. The van der Waals surface area contributed by atoms with E-state index in [0.717, 1.165) is 18.0 Å². The Morgan fingerprint density at radius 2 is 1.91 bits per heavy atom. The molecule has 1 aliphatic rings. The minimum absolute atomic E-state index is 0.795. The third-order valence-electron chi connectivity index (χ3n) is 3.16. The lowest BCUT2D eigenvalue weighted by Crippen LogP contribution is -2.44. The van der Waals surface area contributed by atoms with Crippen molar-refractivity contribution in [2.24, 2.45) is 5.92 Å². The van der Waals surface area contributed by atoms with Crippen LogP contribution in [0.15, 0.2) is 0 Å². The van der Waals surface area contributed by atoms with Crippen molar-refractivity contribution in [3.63, 3.8) is 0 Å². The Labute approximate surface area is 70.8 Å². The van der Waals surface area contributed by atoms with Gasteiger partial charge in [-0.15, -0.1) is 0 Å². The SMILES string of the molecule is CCC1CC(C)CC(C)N1C. The maximum absolute atomic E-state index is 2.54. The number of piperidine rings is 1. The smallest absolute Gasteiger partial charge is 0.00949 e. The van der Waals surface area contributed by atoms with Crippen LogP contribution < -0.4 is 0 Å². The molecule has 0 amide bonds. The molecular formula is C10H21N. The van der Waals surface area contributed by atoms with E-state index < -0.39 is 0 Å². The topological polar surface area (TPSA) is 3.24 Å². The molecule has 66 valence electrons. The fraction of sp³-hybridized carbons (Fsp3) is 1.00. The summed E-state index contributed by atoms with van der Waals surface area (Å²) in [6.45, 7) is 7.02. The van der Waals surface area contributed by atoms with E-state index in [1.165, 1.54) is 19.3 Å². The summed E-state index contributed by atoms with van der Waals surface area (Å²) in [6, 6.07) is 1.64. The average molecular weight is 155 g/mol. The largest absolute Gasteiger partial charge is 0.301 e. The average Bonchev–Trinajstić information content (AvgIpc) is 1.96. The number of likely N-dealkylation sites (tertiary alicyclic amines) is 1. The zero-order valence-electron chi connectivity index (χ0n) is 8.30. The van der Waals surface area contributed by atoms with Crippen molar-refractivity contribution in [3.8, 4) is 0 Å². The van der Waals surface area contributed by atoms with Gasteiger partial charge in [-0.2, -0.15) is 0 Å². The van der Waals surface area contributed by atoms with Gasteiger partial charge in [-0.1, -0.05) is 13.8 Å². The summed E-state index contributed by atoms with van der Waals surface area (Å²) in [6.07, 6.45) is 4.09. The van der Waals surface area contributed by atoms with Crippen LogP contribution in [0.5, 0.6) is 0 Å². The zero-order chi connectivity index (χ0) is 8.43. The van der Waals surface area contributed by atoms with Gasteiger partial charge in [0.05, 0.1) is 0 Å². The maximum Gasteiger partial charge on any atom is 0.00949 e. The number of nitrogens with zero attached hydrogens (tertiary/aromatic N) is 1. The second kappa shape index (κ2) is 3.57. The Balaban J connectivity index is 2.51. The second-order valence-corrected chi connectivity index (χ2v) is 4.15. The fourth-order valence-electron chi connectivity index (χ4n) is 2.29. The predicted molar refractivity (Wildman–Crippen MR) is 49.7 cm³/mol. The third-order valence-corrected chi connectivity index (χ3v) is 3.16. The lowest BCUT2D eigenvalue weighted by atomic mass is 9.87. The fourth-order valence-corrected chi connectivity index (χ4v) is 2.29. The van der Waals surface area contributed by atoms with Gasteiger partial charge in [0.15, 0.2) is 0 Å². The monoisotopic (exact) mass is 155 g/mol. The molecule has 0 aromatic heterocycles. The highest BCUT2D eigenvalue weighted by Gasteiger charge is 2.26. The van der Waals surface area contributed by atoms with Crippen LogP contribution in [-0.2, 0) is 0 Å². The molecule has 1 heterocycles. The first-order valence-electron chi connectivity index (χ1n) is 4.87. The molecule has 0 bridgehead atoms. The molecule has 11 heavy (non-hydrogen) atoms. The predicted octanol–water partition coefficient (Wildman–Crippen LogP) is 2.52. The van der Waals surface area contributed by atoms with E-state index in [1.54, 1.807) is 0 Å². The maximum atomic E-state index is 2.54. The van der Waals surface area contributed by atoms with E-state index in [9.17, 15) is 0 Å². The summed E-state index contributed by atoms with van der Waals surface area (Å²) in [4.78, 5) is 2.54. The van der Waals surface area contributed by atoms with Gasteiger partial charge in [0.2, 0.25) is 0 Å². The van der Waals surface area contributed by atoms with Crippen LogP contribution in [0.2, 0.25) is 0 Å². The van der Waals surface area contributed by atoms with Crippen LogP contribution in [-0.4, -0.2) is 24.0 Å². The lowest BCUT2D eigenvalue weighted by molar-refractivity contribution is 0.0912. The van der Waals surface area contributed by atoms with Crippen LogP contribution >= 0.6 is 0 Å². The van der Waals surface area contributed by atoms with Crippen LogP contribution in [0.4, 0.5) is 0 Å². The van der Waals surface area contributed by atoms with Gasteiger partial charge in [0.25, 0.3) is 0 Å². The molecular weight excluding hydrogens is 134 g/mol. The molecule has 1 nitrogen and oxygen atoms in total. The van der Waals surface area contributed by atoms with E-state index in [4.69, 9.17) is 0 Å². The summed E-state index contributed by atoms with van der Waals surface area (Å²) in [5.41, 5.74) is 0. The first kappa shape index (κ1) is 9.05. The standard InChI is InChI=1S/C10H21N/c1-5-10-7-8(2)6-9(3)11(10)4/h8-10H,5-7H2,1-4H3. The van der Waals surface area contributed by atoms with E-state index in [0.29, 0.717) is 0 Å². The summed E-state index contributed by atoms with van der Waals surface area (Å²) in [5, 5.41) is 0. The Morgan fingerprint density at radius 1 is 1.27 bits per heavy atom. The highest BCUT2D eigenvalue weighted by molar-refractivity contribution is 4.81. The molecule has 1 saturated heterocycles. The van der Waals surface area contributed by atoms with Crippen molar-refractivity contribution in [2.75, 3.05) is 7.05 Å². The summed E-state index contributed by atoms with van der Waals surface area (Å²) in [7, 11) is 2.27. The van der Waals surface area contributed by atoms with Gasteiger partial charge in [-0.25, -0.2) is 0 Å². The summed E-state index contributed by atoms with van der Waals surface area (Å²) >= 11 is 0. The molecule has 0 saturated carbocycles. The van der Waals surface area contributed by atoms with Crippen LogP contribution in [0.1, 0.15) is 40.0 Å². The Hall–Kier alpha value is -0.0400. The van der Waals surface area contributed by atoms with Crippen molar-refractivity contribution in [1.29, 1.82) is 0 Å². The number of rotatable bonds is 1. The van der Waals surface area contributed by atoms with E-state index in [1.807, 2.05) is 0 Å². The molecule has 0 spiro atoms. The first-order chi connectivity index (χ1) is 5.15. The molecule has 0 aliphatic carbocycles. The quantitative estimate of drug-likeness (QED) is 0.562. The van der Waals surface area contributed by atoms with Gasteiger partial charge >= 0.3 is 0 Å². The second-order valence-electron chi connectivity index (χ2n) is 4.15. The first-order valence-corrected chi connectivity index (χ1v) is 4.87. The molecule has 1 fully saturated rings. The highest BCUT2D eigenvalue weighted by atomic mass is 15.2. The van der Waals surface area contributed by atoms with E-state index in [2.05, 4.69) is 32.7 Å². The minimum atomic E-state index is 0.795. The van der Waals surface area contributed by atoms with E-state index in [-0.39, 0.29) is 0 Å². The van der Waals surface area contributed by atoms with Gasteiger partial charge in [-0.3, -0.25) is 0 Å². The van der Waals surface area contributed by atoms with Gasteiger partial charge < -0.3 is 4.90 Å². The molecule has 1 rings (SSSR count). The molecule has 0 N–H and O–H groups in total. The Bertz CT molecular complexity index is 122. The minimum Gasteiger partial charge on any atom is -0.301 e. The van der Waals surface area contributed by atoms with Crippen molar-refractivity contribution >= 4 is 0 Å². The van der Waals surface area contributed by atoms with Crippen molar-refractivity contribution < 1.29 is 0 Å². The van der Waals surface area contributed by atoms with Gasteiger partial charge in [0.1, 0.15) is 0 Å². The molecule has 3 atom stereocenters. The van der Waals surface area contributed by atoms with Crippen molar-refractivity contribution in [1.82, 2.24) is 4.90 Å². The zero-order valence-corrected chi connectivity index (χ0v) is 8.30. The third kappa shape index (κ3) is 1.96. The summed E-state index contributed by atoms with van der Waals surface area (Å²) < 4.78 is 0. The van der Waals surface area contributed by atoms with Crippen LogP contribution in [0, 0.1) is 5.92 Å². The Morgan fingerprint density at radius 3 is 2.45 bits per heavy atom. The van der Waals surface area contributed by atoms with Crippen molar-refractivity contribution in [2.45, 2.75) is 52.1 Å². The highest BCUT2D eigenvalue weighted by Crippen LogP contribution is 2.27. The van der Waals surface area contributed by atoms with Crippen LogP contribution in [0.25, 0.3) is 0 Å². The lowest BCUT2D eigenvalue weighted by Gasteiger charge is -2.40. The molecule has 1 aliphatic heterocycles. The van der Waals surface area contributed by atoms with Crippen molar-refractivity contribution in [3.05, 3.63) is 0 Å².